The molecule has 0 unspecified atom stereocenters. The van der Waals surface area contributed by atoms with Gasteiger partial charge in [0.2, 0.25) is 0 Å². The second kappa shape index (κ2) is 10.9. The summed E-state index contributed by atoms with van der Waals surface area (Å²) in [4.78, 5) is 26.8. The van der Waals surface area contributed by atoms with Crippen molar-refractivity contribution in [3.8, 4) is 11.5 Å². The van der Waals surface area contributed by atoms with E-state index in [0.717, 1.165) is 50.0 Å². The minimum absolute atomic E-state index is 0.207. The Balaban J connectivity index is 1.33. The smallest absolute Gasteiger partial charge is 0.293 e. The first-order chi connectivity index (χ1) is 16.4. The molecule has 1 saturated heterocycles. The van der Waals surface area contributed by atoms with Gasteiger partial charge >= 0.3 is 0 Å². The number of aryl methyl sites for hydroxylation is 2. The highest BCUT2D eigenvalue weighted by Gasteiger charge is 2.34. The van der Waals surface area contributed by atoms with E-state index in [1.807, 2.05) is 80.6 Å². The van der Waals surface area contributed by atoms with Gasteiger partial charge in [0.15, 0.2) is 0 Å². The number of hydrogen-bond donors (Lipinski definition) is 0. The average molecular weight is 538 g/mol. The van der Waals surface area contributed by atoms with Crippen LogP contribution in [0.15, 0.2) is 76.1 Å². The summed E-state index contributed by atoms with van der Waals surface area (Å²) in [6.45, 7) is 4.89. The van der Waals surface area contributed by atoms with Crippen molar-refractivity contribution in [3.63, 3.8) is 0 Å². The number of thioether (sulfide) groups is 1. The second-order valence-electron chi connectivity index (χ2n) is 7.93. The summed E-state index contributed by atoms with van der Waals surface area (Å²) in [6, 6.07) is 21.4. The maximum atomic E-state index is 12.8. The molecule has 2 amide bonds. The molecule has 0 aliphatic carbocycles. The van der Waals surface area contributed by atoms with E-state index in [-0.39, 0.29) is 24.3 Å². The molecule has 7 heteroatoms. The van der Waals surface area contributed by atoms with E-state index in [1.54, 1.807) is 6.08 Å². The van der Waals surface area contributed by atoms with Crippen LogP contribution < -0.4 is 9.47 Å². The fraction of sp³-hybridized carbons (Fsp3) is 0.185. The first kappa shape index (κ1) is 24.1. The Morgan fingerprint density at radius 3 is 2.41 bits per heavy atom. The van der Waals surface area contributed by atoms with Crippen LogP contribution in [0.2, 0.25) is 0 Å². The highest BCUT2D eigenvalue weighted by Crippen LogP contribution is 2.32. The molecule has 34 heavy (non-hydrogen) atoms. The Hall–Kier alpha value is -3.03. The number of amides is 2. The summed E-state index contributed by atoms with van der Waals surface area (Å²) in [5.41, 5.74) is 4.01. The Morgan fingerprint density at radius 1 is 0.941 bits per heavy atom. The van der Waals surface area contributed by atoms with Crippen LogP contribution in [0.1, 0.15) is 22.3 Å². The summed E-state index contributed by atoms with van der Waals surface area (Å²) in [7, 11) is 0. The van der Waals surface area contributed by atoms with Crippen molar-refractivity contribution in [2.75, 3.05) is 13.2 Å². The number of nitrogens with zero attached hydrogens (tertiary/aromatic N) is 1. The maximum Gasteiger partial charge on any atom is 0.293 e. The Bertz CT molecular complexity index is 1220. The second-order valence-corrected chi connectivity index (χ2v) is 9.84. The van der Waals surface area contributed by atoms with Gasteiger partial charge in [-0.25, -0.2) is 0 Å². The lowest BCUT2D eigenvalue weighted by molar-refractivity contribution is -0.123. The van der Waals surface area contributed by atoms with Gasteiger partial charge in [0.25, 0.3) is 11.1 Å². The van der Waals surface area contributed by atoms with E-state index in [9.17, 15) is 9.59 Å². The predicted molar refractivity (Wildman–Crippen MR) is 139 cm³/mol. The van der Waals surface area contributed by atoms with Gasteiger partial charge in [-0.05, 0) is 84.3 Å². The normalized spacial score (nSPS) is 14.7. The molecule has 1 fully saturated rings. The van der Waals surface area contributed by atoms with Crippen molar-refractivity contribution >= 4 is 44.9 Å². The summed E-state index contributed by atoms with van der Waals surface area (Å²) >= 11 is 4.37. The summed E-state index contributed by atoms with van der Waals surface area (Å²) in [5.74, 6) is 1.21. The maximum absolute atomic E-state index is 12.8. The molecule has 0 radical (unpaired) electrons. The molecule has 0 saturated carbocycles. The third-order valence-electron chi connectivity index (χ3n) is 5.29. The minimum atomic E-state index is -0.296. The number of rotatable bonds is 8. The number of halogens is 1. The first-order valence-corrected chi connectivity index (χ1v) is 12.4. The van der Waals surface area contributed by atoms with Gasteiger partial charge in [-0.15, -0.1) is 0 Å². The summed E-state index contributed by atoms with van der Waals surface area (Å²) in [5, 5.41) is -0.282. The fourth-order valence-electron chi connectivity index (χ4n) is 3.36. The van der Waals surface area contributed by atoms with Crippen LogP contribution in [-0.2, 0) is 11.4 Å². The third-order valence-corrected chi connectivity index (χ3v) is 6.72. The molecule has 1 heterocycles. The van der Waals surface area contributed by atoms with E-state index < -0.39 is 0 Å². The van der Waals surface area contributed by atoms with E-state index in [4.69, 9.17) is 9.47 Å². The quantitative estimate of drug-likeness (QED) is 0.297. The molecule has 0 aromatic heterocycles. The van der Waals surface area contributed by atoms with Gasteiger partial charge in [0.05, 0.1) is 11.4 Å². The lowest BCUT2D eigenvalue weighted by atomic mass is 10.1. The molecule has 0 spiro atoms. The number of carbonyl (C=O) groups excluding carboxylic acids is 2. The number of hydrogen-bond acceptors (Lipinski definition) is 5. The van der Waals surface area contributed by atoms with Crippen molar-refractivity contribution in [1.29, 1.82) is 0 Å². The Morgan fingerprint density at radius 2 is 1.68 bits per heavy atom. The van der Waals surface area contributed by atoms with Crippen molar-refractivity contribution in [1.82, 2.24) is 4.90 Å². The van der Waals surface area contributed by atoms with Gasteiger partial charge in [0.1, 0.15) is 24.7 Å². The van der Waals surface area contributed by atoms with Crippen LogP contribution in [0.5, 0.6) is 11.5 Å². The Kier molecular flexibility index (Phi) is 7.75. The van der Waals surface area contributed by atoms with Crippen molar-refractivity contribution < 1.29 is 19.1 Å². The van der Waals surface area contributed by atoms with E-state index in [0.29, 0.717) is 11.5 Å². The minimum Gasteiger partial charge on any atom is -0.491 e. The van der Waals surface area contributed by atoms with Crippen molar-refractivity contribution in [2.24, 2.45) is 0 Å². The number of benzene rings is 3. The van der Waals surface area contributed by atoms with Crippen LogP contribution in [0, 0.1) is 13.8 Å². The van der Waals surface area contributed by atoms with Crippen LogP contribution in [0.3, 0.4) is 0 Å². The molecule has 1 aliphatic heterocycles. The molecule has 174 valence electrons. The lowest BCUT2D eigenvalue weighted by Gasteiger charge is -2.14. The van der Waals surface area contributed by atoms with Crippen LogP contribution in [0.25, 0.3) is 6.08 Å². The topological polar surface area (TPSA) is 55.8 Å². The van der Waals surface area contributed by atoms with Crippen LogP contribution >= 0.6 is 27.7 Å². The zero-order valence-electron chi connectivity index (χ0n) is 18.9. The third kappa shape index (κ3) is 6.10. The number of ether oxygens (including phenoxy) is 2. The SMILES string of the molecule is Cc1ccc(C)c(OCCN2C(=O)S/C(=C\c3ccc(OCc4ccc(Br)cc4)cc3)C2=O)c1. The van der Waals surface area contributed by atoms with Crippen LogP contribution in [-0.4, -0.2) is 29.2 Å². The van der Waals surface area contributed by atoms with Gasteiger partial charge < -0.3 is 9.47 Å². The van der Waals surface area contributed by atoms with E-state index >= 15 is 0 Å². The molecule has 0 bridgehead atoms. The van der Waals surface area contributed by atoms with Gasteiger partial charge in [-0.3, -0.25) is 14.5 Å². The van der Waals surface area contributed by atoms with E-state index in [1.165, 1.54) is 4.90 Å². The largest absolute Gasteiger partial charge is 0.491 e. The zero-order chi connectivity index (χ0) is 24.1. The van der Waals surface area contributed by atoms with Gasteiger partial charge in [-0.2, -0.15) is 0 Å². The summed E-state index contributed by atoms with van der Waals surface area (Å²) in [6.07, 6.45) is 1.73. The van der Waals surface area contributed by atoms with Gasteiger partial charge in [0, 0.05) is 4.47 Å². The van der Waals surface area contributed by atoms with Gasteiger partial charge in [-0.1, -0.05) is 52.3 Å². The first-order valence-electron chi connectivity index (χ1n) is 10.8. The molecule has 3 aromatic carbocycles. The standard InChI is InChI=1S/C27H24BrNO4S/c1-18-3-4-19(2)24(15-18)32-14-13-29-26(30)25(34-27(29)31)16-20-7-11-23(12-8-20)33-17-21-5-9-22(28)10-6-21/h3-12,15-16H,13-14,17H2,1-2H3/b25-16-. The molecule has 5 nitrogen and oxygen atoms in total. The van der Waals surface area contributed by atoms with Crippen molar-refractivity contribution in [3.05, 3.63) is 98.4 Å². The summed E-state index contributed by atoms with van der Waals surface area (Å²) < 4.78 is 12.7. The molecule has 0 N–H and O–H groups in total. The monoisotopic (exact) mass is 537 g/mol. The highest BCUT2D eigenvalue weighted by atomic mass is 79.9. The van der Waals surface area contributed by atoms with Crippen molar-refractivity contribution in [2.45, 2.75) is 20.5 Å². The van der Waals surface area contributed by atoms with Crippen LogP contribution in [0.4, 0.5) is 4.79 Å². The molecule has 3 aromatic rings. The molecule has 0 atom stereocenters. The molecular weight excluding hydrogens is 514 g/mol. The lowest BCUT2D eigenvalue weighted by Crippen LogP contribution is -2.32. The Labute approximate surface area is 211 Å². The average Bonchev–Trinajstić information content (AvgIpc) is 3.09. The highest BCUT2D eigenvalue weighted by molar-refractivity contribution is 9.10. The fourth-order valence-corrected chi connectivity index (χ4v) is 4.49. The number of carbonyl (C=O) groups is 2. The molecule has 1 aliphatic rings. The zero-order valence-corrected chi connectivity index (χ0v) is 21.3. The van der Waals surface area contributed by atoms with E-state index in [2.05, 4.69) is 15.9 Å². The molecule has 4 rings (SSSR count). The molecular formula is C27H24BrNO4S. The predicted octanol–water partition coefficient (Wildman–Crippen LogP) is 6.76. The number of imide groups is 1.